The molecule has 2 rings (SSSR count). The lowest BCUT2D eigenvalue weighted by molar-refractivity contribution is 0.0594. The Labute approximate surface area is 107 Å². The number of carbonyl (C=O) groups excluding carboxylic acids is 1. The third-order valence-electron chi connectivity index (χ3n) is 3.81. The van der Waals surface area contributed by atoms with E-state index < -0.39 is 6.10 Å². The highest BCUT2D eigenvalue weighted by Gasteiger charge is 2.35. The van der Waals surface area contributed by atoms with Gasteiger partial charge in [0.15, 0.2) is 5.78 Å². The molecule has 0 spiro atoms. The number of benzene rings is 1. The first-order valence-corrected chi connectivity index (χ1v) is 6.42. The summed E-state index contributed by atoms with van der Waals surface area (Å²) in [6.07, 6.45) is -0.272. The number of fused-ring (bicyclic) bond motifs is 1. The van der Waals surface area contributed by atoms with E-state index in [1.54, 1.807) is 6.07 Å². The Bertz CT molecular complexity index is 503. The highest BCUT2D eigenvalue weighted by molar-refractivity contribution is 6.03. The summed E-state index contributed by atoms with van der Waals surface area (Å²) >= 11 is 0. The first-order chi connectivity index (χ1) is 8.34. The third-order valence-corrected chi connectivity index (χ3v) is 3.81. The molecule has 2 atom stereocenters. The van der Waals surface area contributed by atoms with Crippen LogP contribution < -0.4 is 0 Å². The van der Waals surface area contributed by atoms with Gasteiger partial charge in [-0.1, -0.05) is 20.8 Å². The van der Waals surface area contributed by atoms with Crippen LogP contribution in [0.15, 0.2) is 6.07 Å². The summed E-state index contributed by atoms with van der Waals surface area (Å²) in [5, 5.41) is 20.0. The standard InChI is InChI=1S/C15H20O3/c1-7(2)12-10-5-9(4)14(17)15(18)13(10)8(3)6-11(12)16/h6-7,9,14,16-17H,5H2,1-4H3/t9-,14+/m0/s1. The molecular weight excluding hydrogens is 228 g/mol. The summed E-state index contributed by atoms with van der Waals surface area (Å²) in [7, 11) is 0. The maximum Gasteiger partial charge on any atom is 0.192 e. The molecule has 0 amide bonds. The van der Waals surface area contributed by atoms with Gasteiger partial charge in [-0.2, -0.15) is 0 Å². The topological polar surface area (TPSA) is 57.5 Å². The van der Waals surface area contributed by atoms with Crippen molar-refractivity contribution in [1.29, 1.82) is 0 Å². The molecule has 1 aliphatic carbocycles. The number of ketones is 1. The van der Waals surface area contributed by atoms with Crippen LogP contribution in [0.1, 0.15) is 53.7 Å². The van der Waals surface area contributed by atoms with Gasteiger partial charge in [0.25, 0.3) is 0 Å². The maximum atomic E-state index is 12.2. The molecule has 0 radical (unpaired) electrons. The van der Waals surface area contributed by atoms with Crippen molar-refractivity contribution in [2.75, 3.05) is 0 Å². The van der Waals surface area contributed by atoms with Crippen molar-refractivity contribution >= 4 is 5.78 Å². The predicted octanol–water partition coefficient (Wildman–Crippen LogP) is 2.56. The van der Waals surface area contributed by atoms with Crippen LogP contribution in [-0.4, -0.2) is 22.1 Å². The molecule has 0 saturated heterocycles. The van der Waals surface area contributed by atoms with Gasteiger partial charge in [0.1, 0.15) is 11.9 Å². The van der Waals surface area contributed by atoms with Crippen molar-refractivity contribution in [2.45, 2.75) is 46.1 Å². The van der Waals surface area contributed by atoms with E-state index in [9.17, 15) is 15.0 Å². The molecule has 0 saturated carbocycles. The Kier molecular flexibility index (Phi) is 3.20. The number of hydrogen-bond donors (Lipinski definition) is 2. The second kappa shape index (κ2) is 4.39. The Morgan fingerprint density at radius 2 is 2.00 bits per heavy atom. The van der Waals surface area contributed by atoms with Gasteiger partial charge in [0.05, 0.1) is 0 Å². The van der Waals surface area contributed by atoms with Crippen LogP contribution in [-0.2, 0) is 6.42 Å². The molecule has 0 aromatic heterocycles. The van der Waals surface area contributed by atoms with E-state index in [0.29, 0.717) is 12.0 Å². The molecule has 0 bridgehead atoms. The van der Waals surface area contributed by atoms with Crippen molar-refractivity contribution in [2.24, 2.45) is 5.92 Å². The second-order valence-electron chi connectivity index (χ2n) is 5.63. The molecule has 1 aromatic carbocycles. The summed E-state index contributed by atoms with van der Waals surface area (Å²) in [6.45, 7) is 7.69. The fourth-order valence-electron chi connectivity index (χ4n) is 2.92. The Morgan fingerprint density at radius 3 is 2.56 bits per heavy atom. The smallest absolute Gasteiger partial charge is 0.192 e. The van der Waals surface area contributed by atoms with E-state index in [1.165, 1.54) is 0 Å². The zero-order valence-electron chi connectivity index (χ0n) is 11.3. The van der Waals surface area contributed by atoms with Crippen LogP contribution in [0.4, 0.5) is 0 Å². The molecule has 18 heavy (non-hydrogen) atoms. The van der Waals surface area contributed by atoms with Crippen molar-refractivity contribution in [3.05, 3.63) is 28.3 Å². The van der Waals surface area contributed by atoms with E-state index in [-0.39, 0.29) is 23.4 Å². The second-order valence-corrected chi connectivity index (χ2v) is 5.63. The first kappa shape index (κ1) is 13.1. The minimum Gasteiger partial charge on any atom is -0.508 e. The van der Waals surface area contributed by atoms with Crippen molar-refractivity contribution in [1.82, 2.24) is 0 Å². The summed E-state index contributed by atoms with van der Waals surface area (Å²) in [4.78, 5) is 12.2. The average molecular weight is 248 g/mol. The Morgan fingerprint density at radius 1 is 1.39 bits per heavy atom. The molecule has 1 aliphatic rings. The summed E-state index contributed by atoms with van der Waals surface area (Å²) in [5.41, 5.74) is 3.14. The number of aryl methyl sites for hydroxylation is 1. The van der Waals surface area contributed by atoms with Crippen LogP contribution in [0.2, 0.25) is 0 Å². The zero-order valence-corrected chi connectivity index (χ0v) is 11.3. The van der Waals surface area contributed by atoms with Gasteiger partial charge >= 0.3 is 0 Å². The Balaban J connectivity index is 2.73. The van der Waals surface area contributed by atoms with Crippen LogP contribution >= 0.6 is 0 Å². The number of Topliss-reactive ketones (excluding diaryl/α,β-unsaturated/α-hetero) is 1. The zero-order chi connectivity index (χ0) is 13.6. The largest absolute Gasteiger partial charge is 0.508 e. The van der Waals surface area contributed by atoms with E-state index in [1.807, 2.05) is 27.7 Å². The summed E-state index contributed by atoms with van der Waals surface area (Å²) < 4.78 is 0. The number of hydrogen-bond acceptors (Lipinski definition) is 3. The first-order valence-electron chi connectivity index (χ1n) is 6.42. The predicted molar refractivity (Wildman–Crippen MR) is 70.1 cm³/mol. The number of phenolic OH excluding ortho intramolecular Hbond substituents is 1. The lowest BCUT2D eigenvalue weighted by atomic mass is 9.76. The SMILES string of the molecule is Cc1cc(O)c(C(C)C)c2c1C(=O)[C@H](O)[C@@H](C)C2. The maximum absolute atomic E-state index is 12.2. The number of phenols is 1. The number of aliphatic hydroxyl groups excluding tert-OH is 1. The summed E-state index contributed by atoms with van der Waals surface area (Å²) in [5.74, 6) is 0.124. The fraction of sp³-hybridized carbons (Fsp3) is 0.533. The number of carbonyl (C=O) groups is 1. The highest BCUT2D eigenvalue weighted by atomic mass is 16.3. The number of rotatable bonds is 1. The van der Waals surface area contributed by atoms with Gasteiger partial charge in [-0.05, 0) is 42.4 Å². The molecule has 98 valence electrons. The molecule has 0 unspecified atom stereocenters. The number of aromatic hydroxyl groups is 1. The third kappa shape index (κ3) is 1.83. The van der Waals surface area contributed by atoms with E-state index in [0.717, 1.165) is 16.7 Å². The molecule has 1 aromatic rings. The fourth-order valence-corrected chi connectivity index (χ4v) is 2.92. The molecule has 0 fully saturated rings. The van der Waals surface area contributed by atoms with Gasteiger partial charge in [0.2, 0.25) is 0 Å². The van der Waals surface area contributed by atoms with E-state index >= 15 is 0 Å². The van der Waals surface area contributed by atoms with E-state index in [4.69, 9.17) is 0 Å². The lowest BCUT2D eigenvalue weighted by Crippen LogP contribution is -2.36. The van der Waals surface area contributed by atoms with Crippen LogP contribution in [0.3, 0.4) is 0 Å². The monoisotopic (exact) mass is 248 g/mol. The number of aliphatic hydroxyl groups is 1. The minimum absolute atomic E-state index is 0.0938. The molecule has 0 heterocycles. The van der Waals surface area contributed by atoms with Gasteiger partial charge < -0.3 is 10.2 Å². The molecule has 2 N–H and O–H groups in total. The van der Waals surface area contributed by atoms with Crippen LogP contribution in [0.25, 0.3) is 0 Å². The van der Waals surface area contributed by atoms with Crippen molar-refractivity contribution < 1.29 is 15.0 Å². The minimum atomic E-state index is -0.916. The van der Waals surface area contributed by atoms with Gasteiger partial charge in [-0.15, -0.1) is 0 Å². The quantitative estimate of drug-likeness (QED) is 0.803. The van der Waals surface area contributed by atoms with Gasteiger partial charge in [0, 0.05) is 11.1 Å². The van der Waals surface area contributed by atoms with Crippen LogP contribution in [0, 0.1) is 12.8 Å². The average Bonchev–Trinajstić information content (AvgIpc) is 2.24. The van der Waals surface area contributed by atoms with Crippen molar-refractivity contribution in [3.8, 4) is 5.75 Å². The van der Waals surface area contributed by atoms with Crippen LogP contribution in [0.5, 0.6) is 5.75 Å². The van der Waals surface area contributed by atoms with E-state index in [2.05, 4.69) is 0 Å². The highest BCUT2D eigenvalue weighted by Crippen LogP contribution is 2.38. The van der Waals surface area contributed by atoms with Gasteiger partial charge in [-0.3, -0.25) is 4.79 Å². The van der Waals surface area contributed by atoms with Gasteiger partial charge in [-0.25, -0.2) is 0 Å². The van der Waals surface area contributed by atoms with Crippen molar-refractivity contribution in [3.63, 3.8) is 0 Å². The Hall–Kier alpha value is -1.35. The molecular formula is C15H20O3. The molecule has 3 heteroatoms. The summed E-state index contributed by atoms with van der Waals surface area (Å²) in [6, 6.07) is 1.63. The molecule has 3 nitrogen and oxygen atoms in total. The lowest BCUT2D eigenvalue weighted by Gasteiger charge is -2.30. The molecule has 0 aliphatic heterocycles. The normalized spacial score (nSPS) is 23.3.